The maximum Gasteiger partial charge on any atom is 0.255 e. The summed E-state index contributed by atoms with van der Waals surface area (Å²) in [6, 6.07) is 14.2. The van der Waals surface area contributed by atoms with Crippen LogP contribution in [0.25, 0.3) is 0 Å². The lowest BCUT2D eigenvalue weighted by Crippen LogP contribution is -2.26. The van der Waals surface area contributed by atoms with E-state index in [0.717, 1.165) is 11.3 Å². The zero-order valence-electron chi connectivity index (χ0n) is 12.7. The van der Waals surface area contributed by atoms with Gasteiger partial charge < -0.3 is 22.5 Å². The van der Waals surface area contributed by atoms with Gasteiger partial charge in [-0.2, -0.15) is 4.99 Å². The van der Waals surface area contributed by atoms with Crippen LogP contribution in [0.2, 0.25) is 0 Å². The summed E-state index contributed by atoms with van der Waals surface area (Å²) in [6.45, 7) is 1.93. The van der Waals surface area contributed by atoms with E-state index in [-0.39, 0.29) is 17.8 Å². The lowest BCUT2D eigenvalue weighted by Gasteiger charge is -2.08. The van der Waals surface area contributed by atoms with Crippen LogP contribution in [-0.4, -0.2) is 17.8 Å². The molecule has 7 heteroatoms. The van der Waals surface area contributed by atoms with Gasteiger partial charge in [0.25, 0.3) is 5.91 Å². The Hall–Kier alpha value is -3.35. The molecule has 1 amide bonds. The first kappa shape index (κ1) is 16.0. The minimum Gasteiger partial charge on any atom is -0.370 e. The van der Waals surface area contributed by atoms with Crippen molar-refractivity contribution in [3.8, 4) is 0 Å². The third kappa shape index (κ3) is 4.57. The van der Waals surface area contributed by atoms with E-state index in [0.29, 0.717) is 11.3 Å². The maximum atomic E-state index is 12.2. The molecule has 118 valence electrons. The number of para-hydroxylation sites is 1. The van der Waals surface area contributed by atoms with Crippen LogP contribution in [-0.2, 0) is 0 Å². The van der Waals surface area contributed by atoms with Crippen LogP contribution in [0, 0.1) is 6.92 Å². The molecule has 0 radical (unpaired) electrons. The molecule has 0 heterocycles. The number of hydrogen-bond acceptors (Lipinski definition) is 2. The van der Waals surface area contributed by atoms with E-state index in [1.165, 1.54) is 0 Å². The van der Waals surface area contributed by atoms with E-state index in [2.05, 4.69) is 15.3 Å². The predicted molar refractivity (Wildman–Crippen MR) is 92.7 cm³/mol. The van der Waals surface area contributed by atoms with Crippen molar-refractivity contribution in [2.75, 3.05) is 5.32 Å². The van der Waals surface area contributed by atoms with Crippen molar-refractivity contribution >= 4 is 29.2 Å². The van der Waals surface area contributed by atoms with Gasteiger partial charge in [-0.3, -0.25) is 4.79 Å². The first-order chi connectivity index (χ1) is 11.0. The number of carbonyl (C=O) groups is 1. The standard InChI is InChI=1S/C16H18N6O/c1-10-4-2-3-5-13(10)21-14(23)11-6-8-12(9-7-11)20-16(19)22-15(17)18/h2-9H,1H3,(H,21,23)(H6,17,18,19,20,22). The highest BCUT2D eigenvalue weighted by atomic mass is 16.1. The Morgan fingerprint density at radius 1 is 1.00 bits per heavy atom. The minimum atomic E-state index is -0.202. The topological polar surface area (TPSA) is 132 Å². The summed E-state index contributed by atoms with van der Waals surface area (Å²) < 4.78 is 0. The van der Waals surface area contributed by atoms with Crippen LogP contribution >= 0.6 is 0 Å². The first-order valence-electron chi connectivity index (χ1n) is 6.86. The molecule has 0 atom stereocenters. The maximum absolute atomic E-state index is 12.2. The number of amides is 1. The molecule has 2 aromatic carbocycles. The highest BCUT2D eigenvalue weighted by molar-refractivity contribution is 6.04. The van der Waals surface area contributed by atoms with Gasteiger partial charge in [-0.25, -0.2) is 4.99 Å². The van der Waals surface area contributed by atoms with E-state index in [4.69, 9.17) is 17.2 Å². The Labute approximate surface area is 133 Å². The molecule has 0 aromatic heterocycles. The van der Waals surface area contributed by atoms with Crippen molar-refractivity contribution in [3.05, 3.63) is 59.7 Å². The highest BCUT2D eigenvalue weighted by Gasteiger charge is 2.07. The minimum absolute atomic E-state index is 0.0536. The zero-order chi connectivity index (χ0) is 16.8. The van der Waals surface area contributed by atoms with Crippen LogP contribution in [0.3, 0.4) is 0 Å². The highest BCUT2D eigenvalue weighted by Crippen LogP contribution is 2.17. The number of hydrogen-bond donors (Lipinski definition) is 4. The van der Waals surface area contributed by atoms with Crippen LogP contribution in [0.15, 0.2) is 58.5 Å². The van der Waals surface area contributed by atoms with Crippen molar-refractivity contribution in [2.45, 2.75) is 6.92 Å². The molecule has 23 heavy (non-hydrogen) atoms. The zero-order valence-corrected chi connectivity index (χ0v) is 12.7. The molecule has 0 spiro atoms. The fourth-order valence-electron chi connectivity index (χ4n) is 1.88. The molecule has 0 bridgehead atoms. The van der Waals surface area contributed by atoms with Crippen molar-refractivity contribution in [3.63, 3.8) is 0 Å². The van der Waals surface area contributed by atoms with Gasteiger partial charge in [0.05, 0.1) is 5.69 Å². The lowest BCUT2D eigenvalue weighted by atomic mass is 10.1. The largest absolute Gasteiger partial charge is 0.370 e. The molecular weight excluding hydrogens is 292 g/mol. The monoisotopic (exact) mass is 310 g/mol. The second-order valence-electron chi connectivity index (χ2n) is 4.82. The van der Waals surface area contributed by atoms with Crippen LogP contribution in [0.4, 0.5) is 11.4 Å². The normalized spacial score (nSPS) is 10.9. The molecule has 0 fully saturated rings. The van der Waals surface area contributed by atoms with Crippen molar-refractivity contribution in [2.24, 2.45) is 27.2 Å². The predicted octanol–water partition coefficient (Wildman–Crippen LogP) is 1.47. The number of nitrogens with two attached hydrogens (primary N) is 3. The second-order valence-corrected chi connectivity index (χ2v) is 4.82. The number of benzene rings is 2. The summed E-state index contributed by atoms with van der Waals surface area (Å²) in [7, 11) is 0. The summed E-state index contributed by atoms with van der Waals surface area (Å²) >= 11 is 0. The lowest BCUT2D eigenvalue weighted by molar-refractivity contribution is 0.102. The molecule has 0 aliphatic heterocycles. The number of aryl methyl sites for hydroxylation is 1. The average molecular weight is 310 g/mol. The summed E-state index contributed by atoms with van der Waals surface area (Å²) in [5, 5.41) is 2.86. The quantitative estimate of drug-likeness (QED) is 0.504. The van der Waals surface area contributed by atoms with Gasteiger partial charge in [-0.15, -0.1) is 0 Å². The van der Waals surface area contributed by atoms with Gasteiger partial charge in [0.2, 0.25) is 5.96 Å². The van der Waals surface area contributed by atoms with Gasteiger partial charge in [-0.1, -0.05) is 18.2 Å². The number of aliphatic imine (C=N–C) groups is 2. The smallest absolute Gasteiger partial charge is 0.255 e. The van der Waals surface area contributed by atoms with Crippen molar-refractivity contribution < 1.29 is 4.79 Å². The molecule has 0 unspecified atom stereocenters. The molecule has 7 N–H and O–H groups in total. The van der Waals surface area contributed by atoms with Crippen molar-refractivity contribution in [1.82, 2.24) is 0 Å². The fraction of sp³-hybridized carbons (Fsp3) is 0.0625. The van der Waals surface area contributed by atoms with E-state index in [1.807, 2.05) is 31.2 Å². The van der Waals surface area contributed by atoms with Gasteiger partial charge in [-0.05, 0) is 42.8 Å². The first-order valence-corrected chi connectivity index (χ1v) is 6.86. The Morgan fingerprint density at radius 3 is 2.26 bits per heavy atom. The molecule has 0 saturated heterocycles. The average Bonchev–Trinajstić information content (AvgIpc) is 2.49. The molecular formula is C16H18N6O. The number of carbonyl (C=O) groups excluding carboxylic acids is 1. The SMILES string of the molecule is Cc1ccccc1NC(=O)c1ccc(N=C(N)N=C(N)N)cc1. The van der Waals surface area contributed by atoms with E-state index in [9.17, 15) is 4.79 Å². The van der Waals surface area contributed by atoms with E-state index < -0.39 is 0 Å². The molecule has 0 saturated carbocycles. The Morgan fingerprint density at radius 2 is 1.65 bits per heavy atom. The van der Waals surface area contributed by atoms with Crippen LogP contribution < -0.4 is 22.5 Å². The Bertz CT molecular complexity index is 760. The van der Waals surface area contributed by atoms with Gasteiger partial charge in [0.15, 0.2) is 5.96 Å². The van der Waals surface area contributed by atoms with Crippen LogP contribution in [0.5, 0.6) is 0 Å². The number of anilines is 1. The van der Waals surface area contributed by atoms with Gasteiger partial charge in [0.1, 0.15) is 0 Å². The van der Waals surface area contributed by atoms with E-state index >= 15 is 0 Å². The summed E-state index contributed by atoms with van der Waals surface area (Å²) in [5.41, 5.74) is 18.8. The summed E-state index contributed by atoms with van der Waals surface area (Å²) in [6.07, 6.45) is 0. The third-order valence-electron chi connectivity index (χ3n) is 3.01. The van der Waals surface area contributed by atoms with E-state index in [1.54, 1.807) is 24.3 Å². The Balaban J connectivity index is 2.12. The van der Waals surface area contributed by atoms with Gasteiger partial charge in [0, 0.05) is 11.3 Å². The van der Waals surface area contributed by atoms with Crippen LogP contribution in [0.1, 0.15) is 15.9 Å². The Kier molecular flexibility index (Phi) is 4.93. The van der Waals surface area contributed by atoms with Gasteiger partial charge >= 0.3 is 0 Å². The second kappa shape index (κ2) is 7.08. The molecule has 7 nitrogen and oxygen atoms in total. The number of nitrogens with zero attached hydrogens (tertiary/aromatic N) is 2. The van der Waals surface area contributed by atoms with Crippen molar-refractivity contribution in [1.29, 1.82) is 0 Å². The molecule has 2 rings (SSSR count). The summed E-state index contributed by atoms with van der Waals surface area (Å²) in [4.78, 5) is 19.8. The molecule has 0 aliphatic carbocycles. The number of rotatable bonds is 3. The molecule has 0 aliphatic rings. The number of nitrogens with one attached hydrogen (secondary N) is 1. The molecule has 2 aromatic rings. The third-order valence-corrected chi connectivity index (χ3v) is 3.01. The summed E-state index contributed by atoms with van der Waals surface area (Å²) in [5.74, 6) is -0.422. The number of guanidine groups is 2. The fourth-order valence-corrected chi connectivity index (χ4v) is 1.88.